The lowest BCUT2D eigenvalue weighted by molar-refractivity contribution is -0.137. The number of thiophene rings is 1. The molecule has 0 unspecified atom stereocenters. The second-order valence-corrected chi connectivity index (χ2v) is 22.3. The molecule has 0 aliphatic carbocycles. The summed E-state index contributed by atoms with van der Waals surface area (Å²) >= 11 is 1.20. The van der Waals surface area contributed by atoms with Crippen LogP contribution >= 0.6 is 11.3 Å². The number of pyridine rings is 1. The van der Waals surface area contributed by atoms with E-state index in [4.69, 9.17) is 24.2 Å². The van der Waals surface area contributed by atoms with Gasteiger partial charge in [-0.1, -0.05) is 50.0 Å². The van der Waals surface area contributed by atoms with Crippen molar-refractivity contribution in [1.82, 2.24) is 29.6 Å². The average molecular weight is 779 g/mol. The van der Waals surface area contributed by atoms with Gasteiger partial charge in [0, 0.05) is 56.4 Å². The van der Waals surface area contributed by atoms with Crippen LogP contribution in [-0.2, 0) is 24.3 Å². The van der Waals surface area contributed by atoms with Crippen molar-refractivity contribution in [2.75, 3.05) is 26.3 Å². The number of fused-ring (bicyclic) bond motifs is 5. The van der Waals surface area contributed by atoms with E-state index in [1.54, 1.807) is 16.9 Å². The summed E-state index contributed by atoms with van der Waals surface area (Å²) in [5.74, 6) is 0.239. The smallest absolute Gasteiger partial charge is 0.417 e. The molecular formula is C39H42F4N6O3SSi. The van der Waals surface area contributed by atoms with Crippen LogP contribution in [0.3, 0.4) is 0 Å². The fraction of sp³-hybridized carbons (Fsp3) is 0.436. The van der Waals surface area contributed by atoms with Crippen molar-refractivity contribution in [3.63, 3.8) is 0 Å². The van der Waals surface area contributed by atoms with Crippen LogP contribution in [0.5, 0.6) is 11.9 Å². The molecule has 0 saturated carbocycles. The number of nitrogens with zero attached hydrogens (tertiary/aromatic N) is 6. The third kappa shape index (κ3) is 7.18. The minimum atomic E-state index is -4.69. The Morgan fingerprint density at radius 1 is 1.07 bits per heavy atom. The molecule has 6 heterocycles. The molecular weight excluding hydrogens is 737 g/mol. The molecule has 2 aliphatic heterocycles. The Bertz CT molecular complexity index is 2330. The van der Waals surface area contributed by atoms with Crippen molar-refractivity contribution < 1.29 is 31.8 Å². The van der Waals surface area contributed by atoms with Gasteiger partial charge in [-0.2, -0.15) is 28.2 Å². The maximum Gasteiger partial charge on any atom is 0.417 e. The first-order chi connectivity index (χ1) is 25.8. The molecule has 2 atom stereocenters. The molecule has 2 aliphatic rings. The largest absolute Gasteiger partial charge is 0.472 e. The minimum Gasteiger partial charge on any atom is -0.472 e. The number of halogens is 4. The van der Waals surface area contributed by atoms with Gasteiger partial charge < -0.3 is 14.2 Å². The van der Waals surface area contributed by atoms with E-state index in [9.17, 15) is 4.39 Å². The Morgan fingerprint density at radius 3 is 2.67 bits per heavy atom. The molecule has 0 amide bonds. The molecule has 8 rings (SSSR count). The van der Waals surface area contributed by atoms with Gasteiger partial charge in [-0.15, -0.1) is 11.3 Å². The number of alkyl halides is 4. The van der Waals surface area contributed by atoms with Gasteiger partial charge in [-0.3, -0.25) is 9.88 Å². The van der Waals surface area contributed by atoms with Crippen LogP contribution < -0.4 is 9.47 Å². The Labute approximate surface area is 315 Å². The van der Waals surface area contributed by atoms with Gasteiger partial charge in [0.05, 0.1) is 26.9 Å². The summed E-state index contributed by atoms with van der Waals surface area (Å²) in [7, 11) is -1.34. The van der Waals surface area contributed by atoms with Crippen LogP contribution in [0.2, 0.25) is 25.7 Å². The van der Waals surface area contributed by atoms with Gasteiger partial charge in [-0.05, 0) is 55.6 Å². The van der Waals surface area contributed by atoms with Gasteiger partial charge in [0.25, 0.3) is 0 Å². The number of hydrogen-bond donors (Lipinski definition) is 0. The van der Waals surface area contributed by atoms with Crippen molar-refractivity contribution in [3.05, 3.63) is 71.5 Å². The third-order valence-corrected chi connectivity index (χ3v) is 13.2. The van der Waals surface area contributed by atoms with Crippen LogP contribution in [0.15, 0.2) is 54.9 Å². The normalized spacial score (nSPS) is 19.4. The van der Waals surface area contributed by atoms with Gasteiger partial charge in [0.1, 0.15) is 36.5 Å². The van der Waals surface area contributed by atoms with Gasteiger partial charge in [0.15, 0.2) is 0 Å². The molecule has 284 valence electrons. The zero-order valence-corrected chi connectivity index (χ0v) is 32.5. The van der Waals surface area contributed by atoms with E-state index < -0.39 is 31.5 Å². The maximum atomic E-state index is 15.0. The van der Waals surface area contributed by atoms with Crippen LogP contribution in [-0.4, -0.2) is 75.7 Å². The van der Waals surface area contributed by atoms with Gasteiger partial charge in [-0.25, -0.2) is 9.07 Å². The van der Waals surface area contributed by atoms with Crippen molar-refractivity contribution in [1.29, 1.82) is 0 Å². The molecule has 0 spiro atoms. The minimum absolute atomic E-state index is 0.0641. The molecule has 15 heteroatoms. The highest BCUT2D eigenvalue weighted by molar-refractivity contribution is 7.26. The molecule has 0 bridgehead atoms. The van der Waals surface area contributed by atoms with E-state index in [0.29, 0.717) is 45.3 Å². The van der Waals surface area contributed by atoms with Crippen molar-refractivity contribution in [2.45, 2.75) is 83.1 Å². The van der Waals surface area contributed by atoms with E-state index in [0.717, 1.165) is 31.0 Å². The van der Waals surface area contributed by atoms with E-state index in [2.05, 4.69) is 34.6 Å². The molecule has 2 fully saturated rings. The fourth-order valence-electron chi connectivity index (χ4n) is 7.83. The second kappa shape index (κ2) is 14.1. The molecule has 2 saturated heterocycles. The number of rotatable bonds is 12. The van der Waals surface area contributed by atoms with Crippen LogP contribution in [0.25, 0.3) is 42.5 Å². The molecule has 54 heavy (non-hydrogen) atoms. The molecule has 6 aromatic rings. The van der Waals surface area contributed by atoms with Crippen molar-refractivity contribution >= 4 is 50.6 Å². The molecule has 9 nitrogen and oxygen atoms in total. The Kier molecular flexibility index (Phi) is 9.64. The zero-order chi connectivity index (χ0) is 37.8. The van der Waals surface area contributed by atoms with Crippen LogP contribution in [0.1, 0.15) is 36.0 Å². The molecule has 4 aromatic heterocycles. The number of hydrogen-bond acceptors (Lipinski definition) is 9. The van der Waals surface area contributed by atoms with Crippen molar-refractivity contribution in [2.24, 2.45) is 0 Å². The highest BCUT2D eigenvalue weighted by atomic mass is 32.1. The first-order valence-electron chi connectivity index (χ1n) is 18.2. The Hall–Kier alpha value is -4.18. The number of aryl methyl sites for hydroxylation is 1. The average Bonchev–Trinajstić information content (AvgIpc) is 3.87. The van der Waals surface area contributed by atoms with Crippen molar-refractivity contribution in [3.8, 4) is 23.1 Å². The predicted molar refractivity (Wildman–Crippen MR) is 205 cm³/mol. The zero-order valence-electron chi connectivity index (χ0n) is 30.7. The van der Waals surface area contributed by atoms with E-state index in [1.807, 2.05) is 30.3 Å². The van der Waals surface area contributed by atoms with Crippen LogP contribution in [0, 0.1) is 6.92 Å². The van der Waals surface area contributed by atoms with Gasteiger partial charge >= 0.3 is 12.2 Å². The summed E-state index contributed by atoms with van der Waals surface area (Å²) in [4.78, 5) is 16.7. The monoisotopic (exact) mass is 778 g/mol. The summed E-state index contributed by atoms with van der Waals surface area (Å²) in [5, 5.41) is 6.35. The summed E-state index contributed by atoms with van der Waals surface area (Å²) in [6.45, 7) is 10.5. The highest BCUT2D eigenvalue weighted by Gasteiger charge is 2.49. The second-order valence-electron chi connectivity index (χ2n) is 15.7. The lowest BCUT2D eigenvalue weighted by Gasteiger charge is -2.30. The quantitative estimate of drug-likeness (QED) is 0.0691. The molecule has 0 radical (unpaired) electrons. The number of aromatic nitrogens is 5. The SMILES string of the molecule is Cc1cc2cn(COCC[Si](C)(C)C)nc2c(-c2nccc3c2sc2nc(OC[C@@]45CCCN4C[C@H](F)C5)nc(OCc4ccccc4)c23)c1C(F)(F)F. The number of ether oxygens (including phenoxy) is 3. The third-order valence-electron chi connectivity index (χ3n) is 10.4. The van der Waals surface area contributed by atoms with E-state index in [1.165, 1.54) is 30.5 Å². The highest BCUT2D eigenvalue weighted by Crippen LogP contribution is 2.48. The molecule has 0 N–H and O–H groups in total. The lowest BCUT2D eigenvalue weighted by atomic mass is 9.95. The van der Waals surface area contributed by atoms with Gasteiger partial charge in [0.2, 0.25) is 5.88 Å². The maximum absolute atomic E-state index is 15.0. The number of benzene rings is 2. The van der Waals surface area contributed by atoms with E-state index in [-0.39, 0.29) is 54.2 Å². The van der Waals surface area contributed by atoms with E-state index >= 15 is 13.2 Å². The fourth-order valence-corrected chi connectivity index (χ4v) is 9.73. The Morgan fingerprint density at radius 2 is 1.89 bits per heavy atom. The first-order valence-corrected chi connectivity index (χ1v) is 22.7. The summed E-state index contributed by atoms with van der Waals surface area (Å²) in [6, 6.07) is 13.9. The predicted octanol–water partition coefficient (Wildman–Crippen LogP) is 9.43. The molecule has 2 aromatic carbocycles. The summed E-state index contributed by atoms with van der Waals surface area (Å²) < 4.78 is 80.2. The standard InChI is InChI=1S/C39H42F4N6O3SSi/c1-24-17-26-19-49(23-50-15-16-54(2,3)4)47-32(26)30(31(24)39(41,42)43)33-34-28(11-13-44-33)29-35(51-21-25-9-6-5-7-10-25)45-37(46-36(29)53-34)52-22-38-12-8-14-48(38)20-27(40)18-38/h5-7,9-11,13,17,19,27H,8,12,14-16,18,20-23H2,1-4H3/t27-,38+/m1/s1. The first kappa shape index (κ1) is 36.8. The Balaban J connectivity index is 1.24. The summed E-state index contributed by atoms with van der Waals surface area (Å²) in [6.07, 6.45) is -0.223. The summed E-state index contributed by atoms with van der Waals surface area (Å²) in [5.41, 5.74) is -0.0327. The van der Waals surface area contributed by atoms with Crippen LogP contribution in [0.4, 0.5) is 17.6 Å². The topological polar surface area (TPSA) is 87.4 Å². The lowest BCUT2D eigenvalue weighted by Crippen LogP contribution is -2.43.